The Bertz CT molecular complexity index is 501. The summed E-state index contributed by atoms with van der Waals surface area (Å²) in [5, 5.41) is 10.4. The number of hydrogen-bond acceptors (Lipinski definition) is 3. The van der Waals surface area contributed by atoms with Crippen LogP contribution < -0.4 is 0 Å². The molecule has 0 aliphatic heterocycles. The Morgan fingerprint density at radius 3 is 2.24 bits per heavy atom. The van der Waals surface area contributed by atoms with Crippen LogP contribution >= 0.6 is 0 Å². The molecule has 0 aliphatic rings. The maximum atomic E-state index is 10.4. The molecule has 1 N–H and O–H groups in total. The molecule has 2 aromatic rings. The second-order valence-electron chi connectivity index (χ2n) is 5.14. The average Bonchev–Trinajstić information content (AvgIpc) is 2.54. The van der Waals surface area contributed by atoms with Crippen molar-refractivity contribution in [2.45, 2.75) is 12.6 Å². The highest BCUT2D eigenvalue weighted by Gasteiger charge is 2.13. The van der Waals surface area contributed by atoms with E-state index in [1.807, 2.05) is 48.5 Å². The maximum absolute atomic E-state index is 10.4. The monoisotopic (exact) mass is 285 g/mol. The summed E-state index contributed by atoms with van der Waals surface area (Å²) >= 11 is 0. The number of aliphatic hydroxyl groups is 1. The fourth-order valence-corrected chi connectivity index (χ4v) is 2.32. The molecule has 1 unspecified atom stereocenters. The molecule has 0 fully saturated rings. The first-order valence-corrected chi connectivity index (χ1v) is 7.28. The van der Waals surface area contributed by atoms with E-state index < -0.39 is 6.10 Å². The first kappa shape index (κ1) is 15.7. The van der Waals surface area contributed by atoms with Crippen LogP contribution in [0.1, 0.15) is 17.2 Å². The lowest BCUT2D eigenvalue weighted by atomic mass is 10.1. The topological polar surface area (TPSA) is 32.7 Å². The first-order chi connectivity index (χ1) is 10.3. The molecule has 0 saturated heterocycles. The van der Waals surface area contributed by atoms with Crippen LogP contribution in [0.2, 0.25) is 0 Å². The highest BCUT2D eigenvalue weighted by molar-refractivity contribution is 5.18. The second kappa shape index (κ2) is 8.57. The predicted molar refractivity (Wildman–Crippen MR) is 85.0 cm³/mol. The molecular weight excluding hydrogens is 262 g/mol. The molecule has 0 bridgehead atoms. The van der Waals surface area contributed by atoms with Gasteiger partial charge >= 0.3 is 0 Å². The van der Waals surface area contributed by atoms with Gasteiger partial charge in [-0.15, -0.1) is 0 Å². The molecule has 0 amide bonds. The summed E-state index contributed by atoms with van der Waals surface area (Å²) < 4.78 is 5.17. The van der Waals surface area contributed by atoms with Gasteiger partial charge in [0.2, 0.25) is 0 Å². The molecule has 2 rings (SSSR count). The summed E-state index contributed by atoms with van der Waals surface area (Å²) in [5.41, 5.74) is 2.20. The van der Waals surface area contributed by atoms with Crippen molar-refractivity contribution >= 4 is 0 Å². The van der Waals surface area contributed by atoms with Crippen molar-refractivity contribution in [3.05, 3.63) is 71.8 Å². The van der Waals surface area contributed by atoms with Gasteiger partial charge in [-0.1, -0.05) is 60.7 Å². The maximum Gasteiger partial charge on any atom is 0.0917 e. The summed E-state index contributed by atoms with van der Waals surface area (Å²) in [4.78, 5) is 2.22. The van der Waals surface area contributed by atoms with E-state index in [9.17, 15) is 5.11 Å². The van der Waals surface area contributed by atoms with E-state index in [-0.39, 0.29) is 0 Å². The highest BCUT2D eigenvalue weighted by atomic mass is 16.5. The molecule has 1 atom stereocenters. The smallest absolute Gasteiger partial charge is 0.0917 e. The van der Waals surface area contributed by atoms with Crippen LogP contribution in [0.4, 0.5) is 0 Å². The molecule has 0 spiro atoms. The number of methoxy groups -OCH3 is 1. The van der Waals surface area contributed by atoms with Crippen LogP contribution in [0.5, 0.6) is 0 Å². The van der Waals surface area contributed by atoms with Crippen molar-refractivity contribution in [1.29, 1.82) is 0 Å². The van der Waals surface area contributed by atoms with Gasteiger partial charge in [-0.25, -0.2) is 0 Å². The zero-order valence-electron chi connectivity index (χ0n) is 12.5. The van der Waals surface area contributed by atoms with Gasteiger partial charge < -0.3 is 9.84 Å². The van der Waals surface area contributed by atoms with Crippen LogP contribution in [0.15, 0.2) is 60.7 Å². The van der Waals surface area contributed by atoms with Gasteiger partial charge in [0, 0.05) is 26.7 Å². The fourth-order valence-electron chi connectivity index (χ4n) is 2.32. The van der Waals surface area contributed by atoms with Crippen LogP contribution in [0.3, 0.4) is 0 Å². The van der Waals surface area contributed by atoms with Crippen LogP contribution in [-0.4, -0.2) is 36.8 Å². The van der Waals surface area contributed by atoms with Crippen molar-refractivity contribution in [3.63, 3.8) is 0 Å². The summed E-state index contributed by atoms with van der Waals surface area (Å²) in [6, 6.07) is 20.1. The largest absolute Gasteiger partial charge is 0.387 e. The van der Waals surface area contributed by atoms with Gasteiger partial charge in [-0.2, -0.15) is 0 Å². The van der Waals surface area contributed by atoms with Gasteiger partial charge in [0.15, 0.2) is 0 Å². The van der Waals surface area contributed by atoms with E-state index in [1.54, 1.807) is 7.11 Å². The van der Waals surface area contributed by atoms with Gasteiger partial charge in [0.25, 0.3) is 0 Å². The lowest BCUT2D eigenvalue weighted by Gasteiger charge is -2.25. The lowest BCUT2D eigenvalue weighted by Crippen LogP contribution is -2.31. The molecule has 112 valence electrons. The Morgan fingerprint density at radius 2 is 1.62 bits per heavy atom. The Kier molecular flexibility index (Phi) is 6.41. The van der Waals surface area contributed by atoms with Crippen LogP contribution in [0, 0.1) is 0 Å². The number of ether oxygens (including phenoxy) is 1. The zero-order chi connectivity index (χ0) is 14.9. The number of nitrogens with zero attached hydrogens (tertiary/aromatic N) is 1. The number of benzene rings is 2. The standard InChI is InChI=1S/C18H23NO2/c1-21-13-12-19(14-16-8-4-2-5-9-16)15-18(20)17-10-6-3-7-11-17/h2-11,18,20H,12-15H2,1H3. The van der Waals surface area contributed by atoms with Crippen molar-refractivity contribution in [2.24, 2.45) is 0 Å². The molecule has 0 saturated carbocycles. The highest BCUT2D eigenvalue weighted by Crippen LogP contribution is 2.15. The Balaban J connectivity index is 1.99. The molecule has 3 nitrogen and oxygen atoms in total. The third kappa shape index (κ3) is 5.31. The predicted octanol–water partition coefficient (Wildman–Crippen LogP) is 2.87. The van der Waals surface area contributed by atoms with E-state index in [1.165, 1.54) is 5.56 Å². The quantitative estimate of drug-likeness (QED) is 0.809. The third-order valence-electron chi connectivity index (χ3n) is 3.48. The van der Waals surface area contributed by atoms with Crippen molar-refractivity contribution in [3.8, 4) is 0 Å². The van der Waals surface area contributed by atoms with Crippen LogP contribution in [-0.2, 0) is 11.3 Å². The fraction of sp³-hybridized carbons (Fsp3) is 0.333. The molecule has 3 heteroatoms. The average molecular weight is 285 g/mol. The first-order valence-electron chi connectivity index (χ1n) is 7.28. The molecule has 0 aromatic heterocycles. The SMILES string of the molecule is COCCN(Cc1ccccc1)CC(O)c1ccccc1. The van der Waals surface area contributed by atoms with Gasteiger partial charge in [-0.05, 0) is 11.1 Å². The van der Waals surface area contributed by atoms with E-state index in [2.05, 4.69) is 17.0 Å². The molecule has 0 aliphatic carbocycles. The van der Waals surface area contributed by atoms with Crippen molar-refractivity contribution < 1.29 is 9.84 Å². The number of aliphatic hydroxyl groups excluding tert-OH is 1. The second-order valence-corrected chi connectivity index (χ2v) is 5.14. The summed E-state index contributed by atoms with van der Waals surface area (Å²) in [7, 11) is 1.70. The Hall–Kier alpha value is -1.68. The zero-order valence-corrected chi connectivity index (χ0v) is 12.5. The minimum Gasteiger partial charge on any atom is -0.387 e. The van der Waals surface area contributed by atoms with E-state index in [4.69, 9.17) is 4.74 Å². The normalized spacial score (nSPS) is 12.5. The van der Waals surface area contributed by atoms with Gasteiger partial charge in [0.05, 0.1) is 12.7 Å². The van der Waals surface area contributed by atoms with E-state index >= 15 is 0 Å². The molecular formula is C18H23NO2. The Morgan fingerprint density at radius 1 is 1.00 bits per heavy atom. The third-order valence-corrected chi connectivity index (χ3v) is 3.48. The molecule has 0 radical (unpaired) electrons. The van der Waals surface area contributed by atoms with Crippen molar-refractivity contribution in [1.82, 2.24) is 4.90 Å². The summed E-state index contributed by atoms with van der Waals surface area (Å²) in [5.74, 6) is 0. The minimum absolute atomic E-state index is 0.480. The van der Waals surface area contributed by atoms with Gasteiger partial charge in [-0.3, -0.25) is 4.90 Å². The molecule has 0 heterocycles. The molecule has 2 aromatic carbocycles. The summed E-state index contributed by atoms with van der Waals surface area (Å²) in [6.07, 6.45) is -0.480. The number of hydrogen-bond donors (Lipinski definition) is 1. The van der Waals surface area contributed by atoms with Crippen LogP contribution in [0.25, 0.3) is 0 Å². The summed E-state index contributed by atoms with van der Waals surface area (Å²) in [6.45, 7) is 2.87. The Labute approximate surface area is 126 Å². The lowest BCUT2D eigenvalue weighted by molar-refractivity contribution is 0.0849. The van der Waals surface area contributed by atoms with Gasteiger partial charge in [0.1, 0.15) is 0 Å². The number of rotatable bonds is 8. The van der Waals surface area contributed by atoms with E-state index in [0.29, 0.717) is 13.2 Å². The minimum atomic E-state index is -0.480. The van der Waals surface area contributed by atoms with Crippen molar-refractivity contribution in [2.75, 3.05) is 26.8 Å². The van der Waals surface area contributed by atoms with E-state index in [0.717, 1.165) is 18.7 Å². The molecule has 21 heavy (non-hydrogen) atoms.